The van der Waals surface area contributed by atoms with Crippen LogP contribution < -0.4 is 5.32 Å². The van der Waals surface area contributed by atoms with E-state index in [1.807, 2.05) is 0 Å². The minimum Gasteiger partial charge on any atom is -0.355 e. The molecular formula is C11H10N4O3. The number of rotatable bonds is 3. The molecule has 0 unspecified atom stereocenters. The first-order chi connectivity index (χ1) is 8.63. The Morgan fingerprint density at radius 3 is 2.83 bits per heavy atom. The van der Waals surface area contributed by atoms with E-state index in [0.717, 1.165) is 0 Å². The number of nitrogens with one attached hydrogen (secondary N) is 1. The van der Waals surface area contributed by atoms with E-state index in [-0.39, 0.29) is 17.2 Å². The van der Waals surface area contributed by atoms with E-state index in [0.29, 0.717) is 5.69 Å². The summed E-state index contributed by atoms with van der Waals surface area (Å²) in [6.07, 6.45) is 4.58. The van der Waals surface area contributed by atoms with E-state index in [4.69, 9.17) is 0 Å². The zero-order valence-electron chi connectivity index (χ0n) is 9.53. The van der Waals surface area contributed by atoms with Crippen molar-refractivity contribution in [2.24, 2.45) is 0 Å². The smallest absolute Gasteiger partial charge is 0.294 e. The van der Waals surface area contributed by atoms with Gasteiger partial charge in [0, 0.05) is 31.1 Å². The molecule has 18 heavy (non-hydrogen) atoms. The second-order valence-corrected chi connectivity index (χ2v) is 3.51. The van der Waals surface area contributed by atoms with Gasteiger partial charge in [0.25, 0.3) is 11.6 Å². The van der Waals surface area contributed by atoms with E-state index >= 15 is 0 Å². The number of hydrogen-bond donors (Lipinski definition) is 1. The summed E-state index contributed by atoms with van der Waals surface area (Å²) in [7, 11) is 1.47. The average Bonchev–Trinajstić information content (AvgIpc) is 2.90. The van der Waals surface area contributed by atoms with Crippen molar-refractivity contribution in [3.8, 4) is 5.69 Å². The van der Waals surface area contributed by atoms with Gasteiger partial charge in [-0.3, -0.25) is 14.9 Å². The summed E-state index contributed by atoms with van der Waals surface area (Å²) in [5.74, 6) is -0.365. The molecule has 2 rings (SSSR count). The Morgan fingerprint density at radius 1 is 1.50 bits per heavy atom. The Kier molecular flexibility index (Phi) is 3.05. The van der Waals surface area contributed by atoms with Crippen LogP contribution >= 0.6 is 0 Å². The van der Waals surface area contributed by atoms with E-state index in [1.165, 1.54) is 42.3 Å². The van der Waals surface area contributed by atoms with Crippen LogP contribution in [0.1, 0.15) is 10.4 Å². The first kappa shape index (κ1) is 11.8. The average molecular weight is 246 g/mol. The van der Waals surface area contributed by atoms with Crippen molar-refractivity contribution in [3.63, 3.8) is 0 Å². The highest BCUT2D eigenvalue weighted by Crippen LogP contribution is 2.24. The minimum absolute atomic E-state index is 0.144. The predicted octanol–water partition coefficient (Wildman–Crippen LogP) is 1.14. The Balaban J connectivity index is 2.55. The molecule has 0 saturated carbocycles. The molecule has 1 amide bonds. The van der Waals surface area contributed by atoms with Crippen LogP contribution in [0.3, 0.4) is 0 Å². The molecule has 0 saturated heterocycles. The maximum absolute atomic E-state index is 11.4. The monoisotopic (exact) mass is 246 g/mol. The summed E-state index contributed by atoms with van der Waals surface area (Å²) in [5, 5.41) is 13.4. The topological polar surface area (TPSA) is 90.1 Å². The van der Waals surface area contributed by atoms with E-state index in [2.05, 4.69) is 10.3 Å². The number of benzene rings is 1. The maximum Gasteiger partial charge on any atom is 0.294 e. The van der Waals surface area contributed by atoms with Gasteiger partial charge in [-0.15, -0.1) is 0 Å². The second-order valence-electron chi connectivity index (χ2n) is 3.51. The van der Waals surface area contributed by atoms with Crippen molar-refractivity contribution in [2.75, 3.05) is 7.05 Å². The van der Waals surface area contributed by atoms with Crippen molar-refractivity contribution in [1.29, 1.82) is 0 Å². The summed E-state index contributed by atoms with van der Waals surface area (Å²) in [6, 6.07) is 4.29. The van der Waals surface area contributed by atoms with Gasteiger partial charge in [-0.1, -0.05) is 0 Å². The summed E-state index contributed by atoms with van der Waals surface area (Å²) >= 11 is 0. The number of hydrogen-bond acceptors (Lipinski definition) is 4. The van der Waals surface area contributed by atoms with Gasteiger partial charge in [0.15, 0.2) is 0 Å². The predicted molar refractivity (Wildman–Crippen MR) is 63.6 cm³/mol. The van der Waals surface area contributed by atoms with Crippen LogP contribution in [0.2, 0.25) is 0 Å². The third kappa shape index (κ3) is 2.05. The zero-order valence-corrected chi connectivity index (χ0v) is 9.53. The van der Waals surface area contributed by atoms with Crippen molar-refractivity contribution in [1.82, 2.24) is 14.9 Å². The highest BCUT2D eigenvalue weighted by molar-refractivity contribution is 5.95. The normalized spacial score (nSPS) is 10.1. The molecule has 0 aliphatic carbocycles. The lowest BCUT2D eigenvalue weighted by molar-refractivity contribution is -0.384. The lowest BCUT2D eigenvalue weighted by atomic mass is 10.1. The Labute approximate surface area is 102 Å². The fourth-order valence-electron chi connectivity index (χ4n) is 1.58. The SMILES string of the molecule is CNC(=O)c1ccc(-n2ccnc2)c([N+](=O)[O-])c1. The standard InChI is InChI=1S/C11H10N4O3/c1-12-11(16)8-2-3-9(10(6-8)15(17)18)14-5-4-13-7-14/h2-7H,1H3,(H,12,16). The third-order valence-electron chi connectivity index (χ3n) is 2.44. The number of amides is 1. The summed E-state index contributed by atoms with van der Waals surface area (Å²) < 4.78 is 1.52. The molecule has 1 N–H and O–H groups in total. The molecule has 0 bridgehead atoms. The van der Waals surface area contributed by atoms with Gasteiger partial charge in [-0.25, -0.2) is 4.98 Å². The minimum atomic E-state index is -0.526. The molecule has 0 aliphatic rings. The second kappa shape index (κ2) is 4.66. The molecule has 1 aromatic carbocycles. The maximum atomic E-state index is 11.4. The number of carbonyl (C=O) groups excluding carboxylic acids is 1. The molecule has 7 heteroatoms. The van der Waals surface area contributed by atoms with Gasteiger partial charge in [-0.05, 0) is 12.1 Å². The van der Waals surface area contributed by atoms with Crippen LogP contribution in [0.15, 0.2) is 36.9 Å². The van der Waals surface area contributed by atoms with E-state index in [1.54, 1.807) is 6.20 Å². The molecular weight excluding hydrogens is 236 g/mol. The van der Waals surface area contributed by atoms with Crippen LogP contribution in [-0.4, -0.2) is 27.4 Å². The Morgan fingerprint density at radius 2 is 2.28 bits per heavy atom. The lowest BCUT2D eigenvalue weighted by Crippen LogP contribution is -2.18. The number of nitro benzene ring substituents is 1. The molecule has 1 aromatic heterocycles. The van der Waals surface area contributed by atoms with E-state index < -0.39 is 4.92 Å². The zero-order chi connectivity index (χ0) is 13.1. The van der Waals surface area contributed by atoms with Crippen LogP contribution in [0, 0.1) is 10.1 Å². The number of aromatic nitrogens is 2. The number of nitro groups is 1. The quantitative estimate of drug-likeness (QED) is 0.649. The third-order valence-corrected chi connectivity index (χ3v) is 2.44. The van der Waals surface area contributed by atoms with Crippen LogP contribution in [0.4, 0.5) is 5.69 Å². The molecule has 0 aliphatic heterocycles. The molecule has 0 atom stereocenters. The largest absolute Gasteiger partial charge is 0.355 e. The van der Waals surface area contributed by atoms with Crippen molar-refractivity contribution in [2.45, 2.75) is 0 Å². The first-order valence-electron chi connectivity index (χ1n) is 5.12. The fourth-order valence-corrected chi connectivity index (χ4v) is 1.58. The number of nitrogens with zero attached hydrogens (tertiary/aromatic N) is 3. The Hall–Kier alpha value is -2.70. The van der Waals surface area contributed by atoms with Crippen molar-refractivity contribution in [3.05, 3.63) is 52.6 Å². The lowest BCUT2D eigenvalue weighted by Gasteiger charge is -2.05. The van der Waals surface area contributed by atoms with E-state index in [9.17, 15) is 14.9 Å². The van der Waals surface area contributed by atoms with Crippen molar-refractivity contribution >= 4 is 11.6 Å². The molecule has 7 nitrogen and oxygen atoms in total. The van der Waals surface area contributed by atoms with Crippen LogP contribution in [0.5, 0.6) is 0 Å². The highest BCUT2D eigenvalue weighted by Gasteiger charge is 2.18. The summed E-state index contributed by atoms with van der Waals surface area (Å²) in [5.41, 5.74) is 0.465. The van der Waals surface area contributed by atoms with Gasteiger partial charge >= 0.3 is 0 Å². The number of carbonyl (C=O) groups is 1. The molecule has 1 heterocycles. The first-order valence-corrected chi connectivity index (χ1v) is 5.12. The van der Waals surface area contributed by atoms with Crippen molar-refractivity contribution < 1.29 is 9.72 Å². The fraction of sp³-hybridized carbons (Fsp3) is 0.0909. The van der Waals surface area contributed by atoms with Gasteiger partial charge in [0.2, 0.25) is 0 Å². The van der Waals surface area contributed by atoms with Gasteiger partial charge in [0.05, 0.1) is 11.3 Å². The molecule has 0 fully saturated rings. The van der Waals surface area contributed by atoms with Gasteiger partial charge < -0.3 is 9.88 Å². The number of imidazole rings is 1. The Bertz CT molecular complexity index is 592. The van der Waals surface area contributed by atoms with Gasteiger partial charge in [-0.2, -0.15) is 0 Å². The highest BCUT2D eigenvalue weighted by atomic mass is 16.6. The molecule has 0 radical (unpaired) electrons. The van der Waals surface area contributed by atoms with Crippen LogP contribution in [0.25, 0.3) is 5.69 Å². The van der Waals surface area contributed by atoms with Crippen LogP contribution in [-0.2, 0) is 0 Å². The van der Waals surface area contributed by atoms with Gasteiger partial charge in [0.1, 0.15) is 5.69 Å². The summed E-state index contributed by atoms with van der Waals surface area (Å²) in [6.45, 7) is 0. The molecule has 0 spiro atoms. The molecule has 92 valence electrons. The summed E-state index contributed by atoms with van der Waals surface area (Å²) in [4.78, 5) is 25.8. The molecule has 2 aromatic rings.